The smallest absolute Gasteiger partial charge is 0.240 e. The number of hydrogen-bond acceptors (Lipinski definition) is 7. The van der Waals surface area contributed by atoms with Crippen molar-refractivity contribution >= 4 is 39.8 Å². The number of nitroso groups, excluding NO2 is 1. The van der Waals surface area contributed by atoms with Crippen LogP contribution in [0, 0.1) is 16.1 Å². The number of halogens is 1. The molecule has 2 amide bonds. The highest BCUT2D eigenvalue weighted by Gasteiger charge is 2.56. The van der Waals surface area contributed by atoms with E-state index in [-0.39, 0.29) is 5.69 Å². The van der Waals surface area contributed by atoms with E-state index < -0.39 is 23.0 Å². The molecule has 0 aliphatic heterocycles. The average Bonchev–Trinajstić information content (AvgIpc) is 3.73. The van der Waals surface area contributed by atoms with Crippen LogP contribution in [0.5, 0.6) is 17.2 Å². The number of rotatable bonds is 8. The minimum absolute atomic E-state index is 0.138. The number of fused-ring (bicyclic) bond motifs is 1. The zero-order valence-corrected chi connectivity index (χ0v) is 19.7. The van der Waals surface area contributed by atoms with E-state index in [0.29, 0.717) is 52.4 Å². The molecule has 0 bridgehead atoms. The van der Waals surface area contributed by atoms with Gasteiger partial charge in [0.1, 0.15) is 28.5 Å². The average molecular weight is 500 g/mol. The largest absolute Gasteiger partial charge is 0.494 e. The van der Waals surface area contributed by atoms with E-state index in [1.54, 1.807) is 42.6 Å². The van der Waals surface area contributed by atoms with Crippen molar-refractivity contribution in [3.8, 4) is 17.2 Å². The van der Waals surface area contributed by atoms with Crippen LogP contribution in [-0.4, -0.2) is 23.9 Å². The van der Waals surface area contributed by atoms with Gasteiger partial charge >= 0.3 is 0 Å². The zero-order valence-electron chi connectivity index (χ0n) is 19.7. The molecule has 1 fully saturated rings. The molecular weight excluding hydrogens is 479 g/mol. The van der Waals surface area contributed by atoms with E-state index in [1.165, 1.54) is 37.4 Å². The van der Waals surface area contributed by atoms with Gasteiger partial charge in [-0.1, -0.05) is 0 Å². The summed E-state index contributed by atoms with van der Waals surface area (Å²) in [5, 5.41) is 9.07. The minimum Gasteiger partial charge on any atom is -0.494 e. The third-order valence-electron chi connectivity index (χ3n) is 6.16. The van der Waals surface area contributed by atoms with Crippen LogP contribution in [-0.2, 0) is 9.59 Å². The number of hydrogen-bond donors (Lipinski definition) is 2. The van der Waals surface area contributed by atoms with Crippen molar-refractivity contribution in [1.82, 2.24) is 4.98 Å². The highest BCUT2D eigenvalue weighted by atomic mass is 19.1. The fourth-order valence-corrected chi connectivity index (χ4v) is 3.91. The Morgan fingerprint density at radius 1 is 0.919 bits per heavy atom. The first-order chi connectivity index (χ1) is 17.9. The van der Waals surface area contributed by atoms with Gasteiger partial charge in [0, 0.05) is 23.0 Å². The Kier molecular flexibility index (Phi) is 6.22. The van der Waals surface area contributed by atoms with Gasteiger partial charge in [0.2, 0.25) is 11.8 Å². The van der Waals surface area contributed by atoms with Crippen molar-refractivity contribution in [3.05, 3.63) is 83.7 Å². The maximum Gasteiger partial charge on any atom is 0.240 e. The summed E-state index contributed by atoms with van der Waals surface area (Å²) in [4.78, 5) is 41.0. The second-order valence-electron chi connectivity index (χ2n) is 8.57. The second kappa shape index (κ2) is 9.65. The molecule has 0 radical (unpaired) electrons. The summed E-state index contributed by atoms with van der Waals surface area (Å²) in [6.07, 6.45) is 2.40. The second-order valence-corrected chi connectivity index (χ2v) is 8.57. The van der Waals surface area contributed by atoms with Crippen molar-refractivity contribution in [2.24, 2.45) is 10.6 Å². The number of benzene rings is 3. The number of amides is 2. The monoisotopic (exact) mass is 500 g/mol. The molecule has 3 aromatic carbocycles. The van der Waals surface area contributed by atoms with Gasteiger partial charge in [0.25, 0.3) is 0 Å². The standard InChI is InChI=1S/C27H21FN4O5/c1-36-24-14-20-21(15-22(24)32-35)29-13-10-23(20)37-19-8-6-18(7-9-19)31-26(34)27(11-12-27)25(33)30-17-4-2-16(28)3-5-17/h2-10,13-15H,11-12H2,1H3,(H,30,33)(H,31,34). The number of nitrogens with one attached hydrogen (secondary N) is 2. The van der Waals surface area contributed by atoms with Crippen LogP contribution >= 0.6 is 0 Å². The predicted octanol–water partition coefficient (Wildman–Crippen LogP) is 5.93. The molecule has 9 nitrogen and oxygen atoms in total. The molecule has 0 saturated heterocycles. The molecule has 1 aromatic heterocycles. The van der Waals surface area contributed by atoms with Crippen LogP contribution in [0.4, 0.5) is 21.5 Å². The number of nitrogens with zero attached hydrogens (tertiary/aromatic N) is 2. The molecule has 2 N–H and O–H groups in total. The summed E-state index contributed by atoms with van der Waals surface area (Å²) < 4.78 is 24.4. The van der Waals surface area contributed by atoms with Crippen LogP contribution in [0.2, 0.25) is 0 Å². The van der Waals surface area contributed by atoms with Crippen molar-refractivity contribution in [3.63, 3.8) is 0 Å². The number of ether oxygens (including phenoxy) is 2. The maximum absolute atomic E-state index is 13.1. The van der Waals surface area contributed by atoms with Gasteiger partial charge in [-0.05, 0) is 84.7 Å². The third kappa shape index (κ3) is 4.81. The lowest BCUT2D eigenvalue weighted by molar-refractivity contribution is -0.131. The maximum atomic E-state index is 13.1. The Bertz CT molecular complexity index is 1500. The quantitative estimate of drug-likeness (QED) is 0.229. The first kappa shape index (κ1) is 23.9. The number of anilines is 2. The molecule has 4 aromatic rings. The molecule has 0 spiro atoms. The van der Waals surface area contributed by atoms with Crippen molar-refractivity contribution in [2.75, 3.05) is 17.7 Å². The van der Waals surface area contributed by atoms with Gasteiger partial charge in [0.15, 0.2) is 5.69 Å². The van der Waals surface area contributed by atoms with Gasteiger partial charge in [0.05, 0.1) is 12.6 Å². The van der Waals surface area contributed by atoms with Crippen LogP contribution < -0.4 is 20.1 Å². The molecule has 0 unspecified atom stereocenters. The summed E-state index contributed by atoms with van der Waals surface area (Å²) in [7, 11) is 1.44. The molecule has 37 heavy (non-hydrogen) atoms. The number of aromatic nitrogens is 1. The normalized spacial score (nSPS) is 13.5. The molecule has 1 heterocycles. The zero-order chi connectivity index (χ0) is 26.0. The topological polar surface area (TPSA) is 119 Å². The van der Waals surface area contributed by atoms with E-state index in [0.717, 1.165) is 0 Å². The van der Waals surface area contributed by atoms with Gasteiger partial charge in [-0.15, -0.1) is 4.91 Å². The number of methoxy groups -OCH3 is 1. The van der Waals surface area contributed by atoms with E-state index in [4.69, 9.17) is 9.47 Å². The highest BCUT2D eigenvalue weighted by molar-refractivity contribution is 6.16. The van der Waals surface area contributed by atoms with Crippen LogP contribution in [0.3, 0.4) is 0 Å². The lowest BCUT2D eigenvalue weighted by atomic mass is 10.0. The summed E-state index contributed by atoms with van der Waals surface area (Å²) in [6, 6.07) is 16.9. The SMILES string of the molecule is COc1cc2c(Oc3ccc(NC(=O)C4(C(=O)Nc5ccc(F)cc5)CC4)cc3)ccnc2cc1N=O. The molecular formula is C27H21FN4O5. The molecule has 5 rings (SSSR count). The summed E-state index contributed by atoms with van der Waals surface area (Å²) in [5.41, 5.74) is 0.423. The first-order valence-electron chi connectivity index (χ1n) is 11.4. The minimum atomic E-state index is -1.16. The number of carbonyl (C=O) groups excluding carboxylic acids is 2. The van der Waals surface area contributed by atoms with Crippen molar-refractivity contribution in [1.29, 1.82) is 0 Å². The Labute approximate surface area is 210 Å². The van der Waals surface area contributed by atoms with Crippen LogP contribution in [0.15, 0.2) is 78.1 Å². The molecule has 1 aliphatic rings. The lowest BCUT2D eigenvalue weighted by Gasteiger charge is -2.16. The summed E-state index contributed by atoms with van der Waals surface area (Å²) in [6.45, 7) is 0. The molecule has 186 valence electrons. The Hall–Kier alpha value is -4.86. The van der Waals surface area contributed by atoms with E-state index in [2.05, 4.69) is 20.8 Å². The number of carbonyl (C=O) groups is 2. The Balaban J connectivity index is 1.27. The van der Waals surface area contributed by atoms with E-state index in [9.17, 15) is 18.9 Å². The van der Waals surface area contributed by atoms with Gasteiger partial charge < -0.3 is 20.1 Å². The molecule has 1 saturated carbocycles. The summed E-state index contributed by atoms with van der Waals surface area (Å²) in [5.74, 6) is 0.0441. The van der Waals surface area contributed by atoms with Crippen molar-refractivity contribution < 1.29 is 23.5 Å². The molecule has 0 atom stereocenters. The summed E-state index contributed by atoms with van der Waals surface area (Å²) >= 11 is 0. The van der Waals surface area contributed by atoms with E-state index in [1.807, 2.05) is 0 Å². The third-order valence-corrected chi connectivity index (χ3v) is 6.16. The molecule has 10 heteroatoms. The van der Waals surface area contributed by atoms with Crippen LogP contribution in [0.25, 0.3) is 10.9 Å². The van der Waals surface area contributed by atoms with Gasteiger partial charge in [-0.3, -0.25) is 14.6 Å². The fourth-order valence-electron chi connectivity index (χ4n) is 3.91. The van der Waals surface area contributed by atoms with Crippen molar-refractivity contribution in [2.45, 2.75) is 12.8 Å². The van der Waals surface area contributed by atoms with Gasteiger partial charge in [-0.2, -0.15) is 0 Å². The van der Waals surface area contributed by atoms with Gasteiger partial charge in [-0.25, -0.2) is 4.39 Å². The predicted molar refractivity (Wildman–Crippen MR) is 136 cm³/mol. The lowest BCUT2D eigenvalue weighted by Crippen LogP contribution is -2.35. The van der Waals surface area contributed by atoms with Crippen LogP contribution in [0.1, 0.15) is 12.8 Å². The highest BCUT2D eigenvalue weighted by Crippen LogP contribution is 2.47. The number of pyridine rings is 1. The Morgan fingerprint density at radius 3 is 2.11 bits per heavy atom. The Morgan fingerprint density at radius 2 is 1.54 bits per heavy atom. The first-order valence-corrected chi connectivity index (χ1v) is 11.4. The van der Waals surface area contributed by atoms with E-state index >= 15 is 0 Å². The molecule has 1 aliphatic carbocycles. The fraction of sp³-hybridized carbons (Fsp3) is 0.148.